The van der Waals surface area contributed by atoms with Crippen LogP contribution in [0.2, 0.25) is 0 Å². The molecule has 0 spiro atoms. The van der Waals surface area contributed by atoms with Crippen LogP contribution in [0.5, 0.6) is 0 Å². The summed E-state index contributed by atoms with van der Waals surface area (Å²) in [6.45, 7) is 3.69. The summed E-state index contributed by atoms with van der Waals surface area (Å²) < 4.78 is 0. The summed E-state index contributed by atoms with van der Waals surface area (Å²) in [5.74, 6) is -2.13. The molecule has 2 aliphatic heterocycles. The minimum atomic E-state index is -0.555. The van der Waals surface area contributed by atoms with Gasteiger partial charge in [0.05, 0.1) is 22.5 Å². The Morgan fingerprint density at radius 1 is 0.667 bits per heavy atom. The Morgan fingerprint density at radius 3 is 1.44 bits per heavy atom. The van der Waals surface area contributed by atoms with Gasteiger partial charge in [0.15, 0.2) is 0 Å². The molecule has 2 aromatic carbocycles. The van der Waals surface area contributed by atoms with E-state index in [1.807, 2.05) is 13.8 Å². The maximum absolute atomic E-state index is 12.5. The van der Waals surface area contributed by atoms with E-state index in [-0.39, 0.29) is 12.1 Å². The highest BCUT2D eigenvalue weighted by Gasteiger charge is 2.41. The van der Waals surface area contributed by atoms with Gasteiger partial charge in [-0.3, -0.25) is 19.2 Å². The van der Waals surface area contributed by atoms with Crippen molar-refractivity contribution >= 4 is 34.8 Å². The fraction of sp³-hybridized carbons (Fsp3) is 0.238. The summed E-state index contributed by atoms with van der Waals surface area (Å²) in [5, 5.41) is 0. The van der Waals surface area contributed by atoms with Crippen LogP contribution in [0, 0.1) is 0 Å². The van der Waals surface area contributed by atoms with Gasteiger partial charge in [0.1, 0.15) is 0 Å². The van der Waals surface area contributed by atoms with Crippen molar-refractivity contribution in [3.05, 3.63) is 59.7 Å². The third-order valence-corrected chi connectivity index (χ3v) is 5.21. The minimum absolute atomic E-state index is 0.309. The number of Topliss-reactive ketones (excluding diaryl/α,β-unsaturated/α-hetero) is 2. The molecule has 136 valence electrons. The summed E-state index contributed by atoms with van der Waals surface area (Å²) in [6, 6.07) is 13.2. The fourth-order valence-electron chi connectivity index (χ4n) is 4.00. The summed E-state index contributed by atoms with van der Waals surface area (Å²) >= 11 is 0. The molecule has 4 rings (SSSR count). The van der Waals surface area contributed by atoms with Crippen LogP contribution in [0.25, 0.3) is 0 Å². The highest BCUT2D eigenvalue weighted by molar-refractivity contribution is 6.53. The van der Waals surface area contributed by atoms with E-state index >= 15 is 0 Å². The Balaban J connectivity index is 1.60. The van der Waals surface area contributed by atoms with E-state index in [2.05, 4.69) is 0 Å². The van der Waals surface area contributed by atoms with Crippen molar-refractivity contribution in [3.63, 3.8) is 0 Å². The number of para-hydroxylation sites is 2. The van der Waals surface area contributed by atoms with Gasteiger partial charge in [0.2, 0.25) is 0 Å². The van der Waals surface area contributed by atoms with E-state index < -0.39 is 23.4 Å². The lowest BCUT2D eigenvalue weighted by molar-refractivity contribution is -0.114. The molecular weight excluding hydrogens is 344 g/mol. The van der Waals surface area contributed by atoms with Gasteiger partial charge >= 0.3 is 0 Å². The lowest BCUT2D eigenvalue weighted by atomic mass is 10.1. The van der Waals surface area contributed by atoms with Crippen molar-refractivity contribution in [1.29, 1.82) is 0 Å². The monoisotopic (exact) mass is 362 g/mol. The molecule has 27 heavy (non-hydrogen) atoms. The molecule has 2 amide bonds. The molecule has 2 heterocycles. The molecule has 2 unspecified atom stereocenters. The van der Waals surface area contributed by atoms with Crippen LogP contribution < -0.4 is 9.80 Å². The van der Waals surface area contributed by atoms with E-state index in [0.29, 0.717) is 28.9 Å². The molecule has 0 fully saturated rings. The van der Waals surface area contributed by atoms with Crippen LogP contribution >= 0.6 is 0 Å². The normalized spacial score (nSPS) is 18.0. The third-order valence-electron chi connectivity index (χ3n) is 5.21. The van der Waals surface area contributed by atoms with Crippen molar-refractivity contribution in [2.24, 2.45) is 0 Å². The molecule has 0 saturated carbocycles. The van der Waals surface area contributed by atoms with E-state index in [1.54, 1.807) is 48.5 Å². The maximum Gasteiger partial charge on any atom is 0.299 e. The number of rotatable bonds is 4. The van der Waals surface area contributed by atoms with E-state index in [9.17, 15) is 19.2 Å². The van der Waals surface area contributed by atoms with Crippen LogP contribution in [0.4, 0.5) is 11.4 Å². The van der Waals surface area contributed by atoms with Crippen molar-refractivity contribution in [2.75, 3.05) is 9.80 Å². The molecule has 2 atom stereocenters. The zero-order chi connectivity index (χ0) is 19.3. The number of nitrogens with zero attached hydrogens (tertiary/aromatic N) is 2. The molecule has 2 aliphatic rings. The number of hydrogen-bond acceptors (Lipinski definition) is 4. The van der Waals surface area contributed by atoms with Gasteiger partial charge in [-0.1, -0.05) is 24.3 Å². The number of anilines is 2. The van der Waals surface area contributed by atoms with E-state index in [1.165, 1.54) is 9.80 Å². The molecule has 0 saturated heterocycles. The topological polar surface area (TPSA) is 74.8 Å². The maximum atomic E-state index is 12.5. The Morgan fingerprint density at radius 2 is 1.04 bits per heavy atom. The molecule has 6 nitrogen and oxygen atoms in total. The molecular formula is C21H18N2O4. The predicted octanol–water partition coefficient (Wildman–Crippen LogP) is 2.61. The first-order chi connectivity index (χ1) is 12.9. The molecule has 0 bridgehead atoms. The lowest BCUT2D eigenvalue weighted by Crippen LogP contribution is -2.44. The van der Waals surface area contributed by atoms with Gasteiger partial charge in [-0.25, -0.2) is 0 Å². The van der Waals surface area contributed by atoms with Gasteiger partial charge < -0.3 is 9.80 Å². The summed E-state index contributed by atoms with van der Waals surface area (Å²) in [6.07, 6.45) is 0.431. The molecule has 0 aliphatic carbocycles. The molecule has 2 aromatic rings. The Labute approximate surface area is 156 Å². The third kappa shape index (κ3) is 2.48. The zero-order valence-electron chi connectivity index (χ0n) is 15.0. The average Bonchev–Trinajstić information content (AvgIpc) is 3.07. The second-order valence-corrected chi connectivity index (χ2v) is 6.98. The number of hydrogen-bond donors (Lipinski definition) is 0. The zero-order valence-corrected chi connectivity index (χ0v) is 15.0. The summed E-state index contributed by atoms with van der Waals surface area (Å²) in [4.78, 5) is 52.3. The second-order valence-electron chi connectivity index (χ2n) is 6.98. The first-order valence-corrected chi connectivity index (χ1v) is 8.85. The van der Waals surface area contributed by atoms with Crippen LogP contribution in [0.1, 0.15) is 41.0 Å². The lowest BCUT2D eigenvalue weighted by Gasteiger charge is -2.31. The standard InChI is InChI=1S/C21H18N2O4/c1-12(22-16-9-5-3-7-14(16)18(24)20(22)26)11-13(2)23-17-10-6-4-8-15(17)19(25)21(23)27/h3-10,12-13H,11H2,1-2H3. The van der Waals surface area contributed by atoms with Gasteiger partial charge in [0, 0.05) is 12.1 Å². The first-order valence-electron chi connectivity index (χ1n) is 8.85. The summed E-state index contributed by atoms with van der Waals surface area (Å²) in [5.41, 5.74) is 1.99. The van der Waals surface area contributed by atoms with Crippen LogP contribution in [0.15, 0.2) is 48.5 Å². The van der Waals surface area contributed by atoms with Crippen molar-refractivity contribution in [1.82, 2.24) is 0 Å². The highest BCUT2D eigenvalue weighted by Crippen LogP contribution is 2.34. The summed E-state index contributed by atoms with van der Waals surface area (Å²) in [7, 11) is 0. The number of fused-ring (bicyclic) bond motifs is 2. The van der Waals surface area contributed by atoms with Crippen molar-refractivity contribution in [2.45, 2.75) is 32.4 Å². The van der Waals surface area contributed by atoms with E-state index in [4.69, 9.17) is 0 Å². The van der Waals surface area contributed by atoms with Crippen molar-refractivity contribution in [3.8, 4) is 0 Å². The van der Waals surface area contributed by atoms with Crippen LogP contribution in [0.3, 0.4) is 0 Å². The largest absolute Gasteiger partial charge is 0.302 e. The first kappa shape index (κ1) is 17.1. The van der Waals surface area contributed by atoms with Crippen LogP contribution in [-0.4, -0.2) is 35.5 Å². The van der Waals surface area contributed by atoms with Gasteiger partial charge in [-0.15, -0.1) is 0 Å². The Kier molecular flexibility index (Phi) is 3.91. The molecule has 0 N–H and O–H groups in total. The number of carbonyl (C=O) groups is 4. The number of ketones is 2. The molecule has 0 aromatic heterocycles. The molecule has 0 radical (unpaired) electrons. The minimum Gasteiger partial charge on any atom is -0.302 e. The Bertz CT molecular complexity index is 918. The van der Waals surface area contributed by atoms with Gasteiger partial charge in [-0.2, -0.15) is 0 Å². The van der Waals surface area contributed by atoms with Gasteiger partial charge in [-0.05, 0) is 44.5 Å². The van der Waals surface area contributed by atoms with Crippen LogP contribution in [-0.2, 0) is 9.59 Å². The second kappa shape index (κ2) is 6.16. The number of carbonyl (C=O) groups excluding carboxylic acids is 4. The average molecular weight is 362 g/mol. The number of benzene rings is 2. The SMILES string of the molecule is CC(CC(C)N1C(=O)C(=O)c2ccccc21)N1C(=O)C(=O)c2ccccc21. The highest BCUT2D eigenvalue weighted by atomic mass is 16.2. The smallest absolute Gasteiger partial charge is 0.299 e. The van der Waals surface area contributed by atoms with E-state index in [0.717, 1.165) is 0 Å². The molecule has 6 heteroatoms. The van der Waals surface area contributed by atoms with Gasteiger partial charge in [0.25, 0.3) is 23.4 Å². The fourth-order valence-corrected chi connectivity index (χ4v) is 4.00. The Hall–Kier alpha value is -3.28. The quantitative estimate of drug-likeness (QED) is 0.784. The predicted molar refractivity (Wildman–Crippen MR) is 100 cm³/mol. The number of amides is 2. The van der Waals surface area contributed by atoms with Crippen molar-refractivity contribution < 1.29 is 19.2 Å².